The van der Waals surface area contributed by atoms with Gasteiger partial charge in [0.1, 0.15) is 5.78 Å². The van der Waals surface area contributed by atoms with E-state index in [0.29, 0.717) is 12.2 Å². The Morgan fingerprint density at radius 2 is 1.66 bits per heavy atom. The van der Waals surface area contributed by atoms with Crippen molar-refractivity contribution < 1.29 is 14.4 Å². The van der Waals surface area contributed by atoms with Crippen molar-refractivity contribution in [2.75, 3.05) is 0 Å². The lowest BCUT2D eigenvalue weighted by Crippen LogP contribution is -2.65. The SMILES string of the molecule is [C-]#[N+]C1=C[C@]2(C)C3=CC(=O)C4C5CC(C)(C)CC[C@]5(C(=O)CCC)CC[C@@]4(C)[C@]3(C)CC[C@H]2C(C)(C)C1=O. The molecule has 0 aromatic rings. The number of fused-ring (bicyclic) bond motifs is 7. The monoisotopic (exact) mass is 517 g/mol. The summed E-state index contributed by atoms with van der Waals surface area (Å²) in [5.74, 6) is 0.492. The van der Waals surface area contributed by atoms with Gasteiger partial charge in [-0.05, 0) is 85.5 Å². The third-order valence-corrected chi connectivity index (χ3v) is 12.9. The van der Waals surface area contributed by atoms with E-state index >= 15 is 0 Å². The molecule has 0 radical (unpaired) electrons. The Bertz CT molecular complexity index is 1210. The minimum absolute atomic E-state index is 0.0581. The van der Waals surface area contributed by atoms with Gasteiger partial charge in [-0.2, -0.15) is 0 Å². The van der Waals surface area contributed by atoms with Gasteiger partial charge in [0.2, 0.25) is 5.70 Å². The zero-order chi connectivity index (χ0) is 28.1. The largest absolute Gasteiger partial charge is 0.307 e. The van der Waals surface area contributed by atoms with E-state index in [1.165, 1.54) is 0 Å². The van der Waals surface area contributed by atoms with E-state index in [1.54, 1.807) is 0 Å². The van der Waals surface area contributed by atoms with Crippen LogP contribution in [0.2, 0.25) is 0 Å². The van der Waals surface area contributed by atoms with Crippen molar-refractivity contribution in [3.63, 3.8) is 0 Å². The van der Waals surface area contributed by atoms with E-state index in [4.69, 9.17) is 6.57 Å². The summed E-state index contributed by atoms with van der Waals surface area (Å²) in [5, 5.41) is 0. The van der Waals surface area contributed by atoms with E-state index in [1.807, 2.05) is 26.0 Å². The first kappa shape index (κ1) is 27.5. The van der Waals surface area contributed by atoms with Crippen LogP contribution >= 0.6 is 0 Å². The van der Waals surface area contributed by atoms with Crippen molar-refractivity contribution in [2.24, 2.45) is 50.2 Å². The van der Waals surface area contributed by atoms with E-state index < -0.39 is 10.8 Å². The standard InChI is InChI=1S/C34H47NO3/c1-10-11-26(37)34-16-14-29(2,3)19-21(34)27-23(36)18-25-31(6)20-22(35-9)28(38)30(4,5)24(31)12-13-32(25,7)33(27,8)15-17-34/h18,20-21,24,27H,10-17,19H2,1-8H3/t21?,24-,27?,31-,32+,33+,34-/m0/s1. The van der Waals surface area contributed by atoms with Crippen molar-refractivity contribution in [3.05, 3.63) is 34.8 Å². The van der Waals surface area contributed by atoms with Crippen molar-refractivity contribution >= 4 is 17.3 Å². The molecule has 38 heavy (non-hydrogen) atoms. The Kier molecular flexibility index (Phi) is 5.98. The molecule has 4 heteroatoms. The van der Waals surface area contributed by atoms with Gasteiger partial charge < -0.3 is 4.79 Å². The number of Topliss-reactive ketones (excluding diaryl/α,β-unsaturated/α-hetero) is 2. The van der Waals surface area contributed by atoms with E-state index in [0.717, 1.165) is 56.9 Å². The van der Waals surface area contributed by atoms with Crippen LogP contribution in [-0.2, 0) is 14.4 Å². The van der Waals surface area contributed by atoms with Crippen molar-refractivity contribution in [1.29, 1.82) is 0 Å². The highest BCUT2D eigenvalue weighted by Gasteiger charge is 2.70. The van der Waals surface area contributed by atoms with Crippen LogP contribution in [-0.4, -0.2) is 17.3 Å². The topological polar surface area (TPSA) is 55.6 Å². The smallest absolute Gasteiger partial charge is 0.226 e. The van der Waals surface area contributed by atoms with Crippen LogP contribution in [0.25, 0.3) is 4.85 Å². The highest BCUT2D eigenvalue weighted by molar-refractivity contribution is 6.03. The quantitative estimate of drug-likeness (QED) is 0.357. The molecule has 3 saturated carbocycles. The molecule has 2 unspecified atom stereocenters. The summed E-state index contributed by atoms with van der Waals surface area (Å²) in [6, 6.07) is 0. The Labute approximate surface area is 229 Å². The Hall–Kier alpha value is -2.02. The lowest BCUT2D eigenvalue weighted by Gasteiger charge is -2.69. The van der Waals surface area contributed by atoms with E-state index in [-0.39, 0.29) is 56.7 Å². The predicted octanol–water partition coefficient (Wildman–Crippen LogP) is 7.93. The molecule has 5 rings (SSSR count). The fourth-order valence-electron chi connectivity index (χ4n) is 10.6. The first-order valence-corrected chi connectivity index (χ1v) is 15.0. The van der Waals surface area contributed by atoms with Gasteiger partial charge >= 0.3 is 0 Å². The van der Waals surface area contributed by atoms with Crippen molar-refractivity contribution in [3.8, 4) is 0 Å². The molecular weight excluding hydrogens is 470 g/mol. The minimum atomic E-state index is -0.645. The predicted molar refractivity (Wildman–Crippen MR) is 150 cm³/mol. The van der Waals surface area contributed by atoms with Gasteiger partial charge in [-0.1, -0.05) is 67.0 Å². The number of hydrogen-bond donors (Lipinski definition) is 0. The third kappa shape index (κ3) is 3.29. The highest BCUT2D eigenvalue weighted by atomic mass is 16.1. The van der Waals surface area contributed by atoms with Crippen LogP contribution in [0.4, 0.5) is 0 Å². The molecule has 7 atom stereocenters. The molecule has 0 aliphatic heterocycles. The summed E-state index contributed by atoms with van der Waals surface area (Å²) in [4.78, 5) is 45.2. The zero-order valence-corrected chi connectivity index (χ0v) is 24.9. The van der Waals surface area contributed by atoms with Gasteiger partial charge in [0.25, 0.3) is 0 Å². The van der Waals surface area contributed by atoms with Crippen molar-refractivity contribution in [2.45, 2.75) is 113 Å². The summed E-state index contributed by atoms with van der Waals surface area (Å²) in [5.41, 5.74) is -0.527. The molecule has 0 aromatic heterocycles. The van der Waals surface area contributed by atoms with Gasteiger partial charge in [0.05, 0.1) is 6.57 Å². The Morgan fingerprint density at radius 1 is 1.00 bits per heavy atom. The molecule has 0 N–H and O–H groups in total. The van der Waals surface area contributed by atoms with Crippen LogP contribution in [0.1, 0.15) is 113 Å². The average molecular weight is 518 g/mol. The zero-order valence-electron chi connectivity index (χ0n) is 24.9. The molecule has 0 aromatic carbocycles. The second kappa shape index (κ2) is 8.25. The third-order valence-electron chi connectivity index (χ3n) is 12.9. The number of carbonyl (C=O) groups is 3. The molecule has 5 aliphatic carbocycles. The van der Waals surface area contributed by atoms with Gasteiger partial charge in [0.15, 0.2) is 11.6 Å². The number of nitrogens with zero attached hydrogens (tertiary/aromatic N) is 1. The fraction of sp³-hybridized carbons (Fsp3) is 0.765. The second-order valence-electron chi connectivity index (χ2n) is 15.6. The normalized spacial score (nSPS) is 44.9. The maximum atomic E-state index is 14.5. The van der Waals surface area contributed by atoms with Crippen molar-refractivity contribution in [1.82, 2.24) is 0 Å². The number of ketones is 3. The second-order valence-corrected chi connectivity index (χ2v) is 15.6. The lowest BCUT2D eigenvalue weighted by atomic mass is 9.34. The first-order valence-electron chi connectivity index (χ1n) is 15.0. The first-order chi connectivity index (χ1) is 17.5. The van der Waals surface area contributed by atoms with Crippen LogP contribution in [0.5, 0.6) is 0 Å². The van der Waals surface area contributed by atoms with Crippen LogP contribution < -0.4 is 0 Å². The molecule has 0 amide bonds. The number of carbonyl (C=O) groups excluding carboxylic acids is 3. The summed E-state index contributed by atoms with van der Waals surface area (Å²) in [6.07, 6.45) is 11.8. The summed E-state index contributed by atoms with van der Waals surface area (Å²) >= 11 is 0. The molecule has 0 saturated heterocycles. The van der Waals surface area contributed by atoms with Gasteiger partial charge in [-0.3, -0.25) is 9.59 Å². The summed E-state index contributed by atoms with van der Waals surface area (Å²) < 4.78 is 0. The molecule has 0 heterocycles. The minimum Gasteiger partial charge on any atom is -0.307 e. The molecule has 3 fully saturated rings. The summed E-state index contributed by atoms with van der Waals surface area (Å²) in [7, 11) is 0. The van der Waals surface area contributed by atoms with E-state index in [9.17, 15) is 14.4 Å². The molecular formula is C34H47NO3. The van der Waals surface area contributed by atoms with Crippen LogP contribution in [0.3, 0.4) is 0 Å². The maximum absolute atomic E-state index is 14.5. The van der Waals surface area contributed by atoms with Crippen LogP contribution in [0, 0.1) is 56.8 Å². The average Bonchev–Trinajstić information content (AvgIpc) is 2.82. The Balaban J connectivity index is 1.69. The molecule has 206 valence electrons. The summed E-state index contributed by atoms with van der Waals surface area (Å²) in [6.45, 7) is 25.3. The van der Waals surface area contributed by atoms with E-state index in [2.05, 4.69) is 46.4 Å². The maximum Gasteiger partial charge on any atom is 0.226 e. The molecule has 5 aliphatic rings. The molecule has 4 nitrogen and oxygen atoms in total. The lowest BCUT2D eigenvalue weighted by molar-refractivity contribution is -0.177. The number of hydrogen-bond acceptors (Lipinski definition) is 3. The molecule has 0 bridgehead atoms. The molecule has 0 spiro atoms. The fourth-order valence-corrected chi connectivity index (χ4v) is 10.6. The van der Waals surface area contributed by atoms with Gasteiger partial charge in [0, 0.05) is 28.6 Å². The Morgan fingerprint density at radius 3 is 2.29 bits per heavy atom. The van der Waals surface area contributed by atoms with Crippen LogP contribution in [0.15, 0.2) is 23.4 Å². The van der Waals surface area contributed by atoms with Gasteiger partial charge in [-0.25, -0.2) is 4.85 Å². The highest BCUT2D eigenvalue weighted by Crippen LogP contribution is 2.74. The van der Waals surface area contributed by atoms with Gasteiger partial charge in [-0.15, -0.1) is 0 Å². The number of rotatable bonds is 3. The number of allylic oxidation sites excluding steroid dienone is 4.